The molecule has 6 heteroatoms. The van der Waals surface area contributed by atoms with E-state index < -0.39 is 11.6 Å². The second-order valence-corrected chi connectivity index (χ2v) is 5.72. The van der Waals surface area contributed by atoms with Gasteiger partial charge in [0.05, 0.1) is 5.69 Å². The lowest BCUT2D eigenvalue weighted by molar-refractivity contribution is 0.604. The van der Waals surface area contributed by atoms with Gasteiger partial charge in [-0.3, -0.25) is 0 Å². The molecule has 0 aliphatic carbocycles. The zero-order chi connectivity index (χ0) is 14.5. The molecule has 20 heavy (non-hydrogen) atoms. The van der Waals surface area contributed by atoms with Gasteiger partial charge < -0.3 is 10.6 Å². The van der Waals surface area contributed by atoms with Crippen LogP contribution in [0.4, 0.5) is 14.5 Å². The minimum atomic E-state index is -0.551. The number of nitrogens with one attached hydrogen (secondary N) is 2. The van der Waals surface area contributed by atoms with Crippen molar-refractivity contribution in [3.8, 4) is 0 Å². The Labute approximate surface area is 134 Å². The Hall–Kier alpha value is -1.28. The van der Waals surface area contributed by atoms with Gasteiger partial charge in [0.2, 0.25) is 0 Å². The lowest BCUT2D eigenvalue weighted by Crippen LogP contribution is -2.28. The highest BCUT2D eigenvalue weighted by Crippen LogP contribution is 2.15. The minimum Gasteiger partial charge on any atom is -0.358 e. The number of hydrogen-bond acceptors (Lipinski definition) is 1. The molecule has 0 bridgehead atoms. The average molecular weight is 404 g/mol. The lowest BCUT2D eigenvalue weighted by atomic mass is 10.2. The predicted octanol–water partition coefficient (Wildman–Crippen LogP) is 4.06. The molecule has 0 heterocycles. The molecule has 0 unspecified atom stereocenters. The molecule has 0 aliphatic heterocycles. The maximum Gasteiger partial charge on any atom is 0.171 e. The molecule has 0 saturated heterocycles. The first-order valence-corrected chi connectivity index (χ1v) is 7.27. The fourth-order valence-electron chi connectivity index (χ4n) is 1.59. The van der Waals surface area contributed by atoms with E-state index in [0.717, 1.165) is 27.3 Å². The summed E-state index contributed by atoms with van der Waals surface area (Å²) in [5.41, 5.74) is 1.07. The fourth-order valence-corrected chi connectivity index (χ4v) is 2.38. The van der Waals surface area contributed by atoms with Gasteiger partial charge in [0.1, 0.15) is 11.6 Å². The van der Waals surface area contributed by atoms with E-state index in [1.54, 1.807) is 0 Å². The van der Waals surface area contributed by atoms with Crippen LogP contribution in [0, 0.1) is 15.2 Å². The van der Waals surface area contributed by atoms with Crippen molar-refractivity contribution < 1.29 is 8.78 Å². The van der Waals surface area contributed by atoms with Crippen LogP contribution in [0.5, 0.6) is 0 Å². The van der Waals surface area contributed by atoms with E-state index in [1.807, 2.05) is 24.3 Å². The minimum absolute atomic E-state index is 0.0187. The molecule has 2 nitrogen and oxygen atoms in total. The molecule has 0 saturated carbocycles. The van der Waals surface area contributed by atoms with Crippen molar-refractivity contribution in [1.29, 1.82) is 0 Å². The first-order chi connectivity index (χ1) is 9.54. The van der Waals surface area contributed by atoms with Crippen LogP contribution in [0.25, 0.3) is 0 Å². The SMILES string of the molecule is Fc1ccc(F)c(NC(=S)NCc2cccc(I)c2)c1. The van der Waals surface area contributed by atoms with Crippen molar-refractivity contribution in [3.05, 3.63) is 63.2 Å². The Kier molecular flexibility index (Phi) is 5.24. The number of halogens is 3. The third-order valence-corrected chi connectivity index (χ3v) is 3.44. The van der Waals surface area contributed by atoms with Gasteiger partial charge in [0, 0.05) is 16.2 Å². The van der Waals surface area contributed by atoms with Crippen LogP contribution in [0.3, 0.4) is 0 Å². The van der Waals surface area contributed by atoms with E-state index in [0.29, 0.717) is 6.54 Å². The largest absolute Gasteiger partial charge is 0.358 e. The predicted molar refractivity (Wildman–Crippen MR) is 88.6 cm³/mol. The smallest absolute Gasteiger partial charge is 0.171 e. The molecule has 2 rings (SSSR count). The highest BCUT2D eigenvalue weighted by Gasteiger charge is 2.05. The van der Waals surface area contributed by atoms with Crippen molar-refractivity contribution in [2.45, 2.75) is 6.54 Å². The van der Waals surface area contributed by atoms with Gasteiger partial charge in [0.15, 0.2) is 5.11 Å². The van der Waals surface area contributed by atoms with E-state index in [2.05, 4.69) is 33.2 Å². The third kappa shape index (κ3) is 4.38. The van der Waals surface area contributed by atoms with Crippen LogP contribution < -0.4 is 10.6 Å². The van der Waals surface area contributed by atoms with Gasteiger partial charge in [-0.2, -0.15) is 0 Å². The van der Waals surface area contributed by atoms with Gasteiger partial charge in [-0.1, -0.05) is 12.1 Å². The van der Waals surface area contributed by atoms with Crippen LogP contribution in [-0.4, -0.2) is 5.11 Å². The summed E-state index contributed by atoms with van der Waals surface area (Å²) >= 11 is 7.28. The van der Waals surface area contributed by atoms with Crippen LogP contribution in [0.1, 0.15) is 5.56 Å². The number of anilines is 1. The number of thiocarbonyl (C=S) groups is 1. The maximum atomic E-state index is 13.4. The van der Waals surface area contributed by atoms with Crippen molar-refractivity contribution in [1.82, 2.24) is 5.32 Å². The molecule has 2 aromatic rings. The van der Waals surface area contributed by atoms with Crippen molar-refractivity contribution in [3.63, 3.8) is 0 Å². The van der Waals surface area contributed by atoms with E-state index in [9.17, 15) is 8.78 Å². The molecule has 0 aromatic heterocycles. The number of hydrogen-bond donors (Lipinski definition) is 2. The monoisotopic (exact) mass is 404 g/mol. The summed E-state index contributed by atoms with van der Waals surface area (Å²) in [6.45, 7) is 0.514. The Morgan fingerprint density at radius 1 is 1.15 bits per heavy atom. The van der Waals surface area contributed by atoms with E-state index in [-0.39, 0.29) is 10.8 Å². The fraction of sp³-hybridized carbons (Fsp3) is 0.0714. The Bertz CT molecular complexity index is 634. The molecular formula is C14H11F2IN2S. The average Bonchev–Trinajstić information content (AvgIpc) is 2.41. The molecule has 0 radical (unpaired) electrons. The molecule has 0 aliphatic rings. The normalized spacial score (nSPS) is 10.2. The molecular weight excluding hydrogens is 393 g/mol. The molecule has 0 atom stereocenters. The van der Waals surface area contributed by atoms with Gasteiger partial charge in [-0.05, 0) is 64.6 Å². The first-order valence-electron chi connectivity index (χ1n) is 5.79. The van der Waals surface area contributed by atoms with Gasteiger partial charge >= 0.3 is 0 Å². The van der Waals surface area contributed by atoms with Gasteiger partial charge in [-0.25, -0.2) is 8.78 Å². The Morgan fingerprint density at radius 3 is 2.70 bits per heavy atom. The van der Waals surface area contributed by atoms with Crippen LogP contribution in [-0.2, 0) is 6.54 Å². The van der Waals surface area contributed by atoms with Crippen molar-refractivity contribution in [2.24, 2.45) is 0 Å². The van der Waals surface area contributed by atoms with Crippen LogP contribution >= 0.6 is 34.8 Å². The summed E-state index contributed by atoms with van der Waals surface area (Å²) in [7, 11) is 0. The zero-order valence-electron chi connectivity index (χ0n) is 10.3. The lowest BCUT2D eigenvalue weighted by Gasteiger charge is -2.11. The standard InChI is InChI=1S/C14H11F2IN2S/c15-10-4-5-12(16)13(7-10)19-14(20)18-8-9-2-1-3-11(17)6-9/h1-7H,8H2,(H2,18,19,20). The zero-order valence-corrected chi connectivity index (χ0v) is 13.3. The number of rotatable bonds is 3. The van der Waals surface area contributed by atoms with Gasteiger partial charge in [0.25, 0.3) is 0 Å². The Morgan fingerprint density at radius 2 is 1.95 bits per heavy atom. The quantitative estimate of drug-likeness (QED) is 0.596. The second-order valence-electron chi connectivity index (χ2n) is 4.06. The molecule has 0 amide bonds. The highest BCUT2D eigenvalue weighted by atomic mass is 127. The van der Waals surface area contributed by atoms with E-state index in [1.165, 1.54) is 0 Å². The summed E-state index contributed by atoms with van der Waals surface area (Å²) in [5, 5.41) is 5.83. The molecule has 104 valence electrons. The second kappa shape index (κ2) is 6.94. The van der Waals surface area contributed by atoms with Crippen LogP contribution in [0.2, 0.25) is 0 Å². The van der Waals surface area contributed by atoms with Crippen LogP contribution in [0.15, 0.2) is 42.5 Å². The van der Waals surface area contributed by atoms with Crippen molar-refractivity contribution in [2.75, 3.05) is 5.32 Å². The van der Waals surface area contributed by atoms with E-state index >= 15 is 0 Å². The summed E-state index contributed by atoms with van der Waals surface area (Å²) in [6, 6.07) is 11.1. The molecule has 0 spiro atoms. The highest BCUT2D eigenvalue weighted by molar-refractivity contribution is 14.1. The summed E-state index contributed by atoms with van der Waals surface area (Å²) < 4.78 is 27.6. The van der Waals surface area contributed by atoms with Gasteiger partial charge in [-0.15, -0.1) is 0 Å². The third-order valence-electron chi connectivity index (χ3n) is 2.52. The molecule has 2 aromatic carbocycles. The Balaban J connectivity index is 1.94. The summed E-state index contributed by atoms with van der Waals surface area (Å²) in [5.74, 6) is -1.07. The summed E-state index contributed by atoms with van der Waals surface area (Å²) in [6.07, 6.45) is 0. The topological polar surface area (TPSA) is 24.1 Å². The first kappa shape index (κ1) is 15.1. The van der Waals surface area contributed by atoms with Crippen molar-refractivity contribution >= 4 is 45.6 Å². The molecule has 2 N–H and O–H groups in total. The van der Waals surface area contributed by atoms with E-state index in [4.69, 9.17) is 12.2 Å². The number of benzene rings is 2. The summed E-state index contributed by atoms with van der Waals surface area (Å²) in [4.78, 5) is 0. The molecule has 0 fully saturated rings. The maximum absolute atomic E-state index is 13.4.